The summed E-state index contributed by atoms with van der Waals surface area (Å²) in [5.41, 5.74) is 9.43. The molecule has 1 unspecified atom stereocenters. The van der Waals surface area contributed by atoms with Crippen molar-refractivity contribution in [1.82, 2.24) is 33.5 Å². The topological polar surface area (TPSA) is 319 Å². The molecule has 0 spiro atoms. The van der Waals surface area contributed by atoms with Gasteiger partial charge in [0.1, 0.15) is 29.8 Å². The zero-order chi connectivity index (χ0) is 61.8. The number of rotatable bonds is 20. The van der Waals surface area contributed by atoms with Gasteiger partial charge in [0.25, 0.3) is 23.6 Å². The Morgan fingerprint density at radius 3 is 2.17 bits per heavy atom. The Kier molecular flexibility index (Phi) is 17.8. The monoisotopic (exact) mass is 1180 g/mol. The standard InChI is InChI=1S/C60H67N13O13/c1-32(2)51(61)55(77)62-34(4)53(75)63-37-14-12-35(13-15-37)31-86-60(82)73-43-26-48(47(84-9)25-41(43)57(79)72-27-33(3)21-46(72)59(73)81)85-20-10-11-50(74)66-49-30-70(7)52(67-49)56(78)65-38-23-44(68(5)28-38)54(76)64-39-24-45(69(6)29-39)58(80)71-19-18-36-22-40(83-8)16-17-42(36)71/h12-19,22-26,28-30,32,34,46,51,59,81H,3,10-11,20-21,27,31,61H2,1-2,4-9H3,(H,62,77)(H,63,75)(H,64,76)(H,65,78)(H,66,74)/t34-,46?,51-,59+/m0/s1. The molecular formula is C60H67N13O13. The molecule has 2 aliphatic heterocycles. The molecule has 0 saturated carbocycles. The number of aryl methyl sites for hydroxylation is 3. The molecular weight excluding hydrogens is 1110 g/mol. The molecule has 3 aromatic carbocycles. The lowest BCUT2D eigenvalue weighted by atomic mass is 10.0. The Morgan fingerprint density at radius 2 is 1.48 bits per heavy atom. The van der Waals surface area contributed by atoms with Crippen molar-refractivity contribution in [2.24, 2.45) is 32.8 Å². The fourth-order valence-corrected chi connectivity index (χ4v) is 10.0. The number of carbonyl (C=O) groups is 8. The lowest BCUT2D eigenvalue weighted by Crippen LogP contribution is -2.50. The number of ether oxygens (including phenoxy) is 4. The van der Waals surface area contributed by atoms with Crippen molar-refractivity contribution >= 4 is 86.9 Å². The third-order valence-electron chi connectivity index (χ3n) is 14.7. The number of benzene rings is 3. The number of aromatic nitrogens is 5. The maximum Gasteiger partial charge on any atom is 0.416 e. The summed E-state index contributed by atoms with van der Waals surface area (Å²) in [7, 11) is 7.86. The van der Waals surface area contributed by atoms with Gasteiger partial charge in [0.15, 0.2) is 23.5 Å². The van der Waals surface area contributed by atoms with Crippen molar-refractivity contribution in [1.29, 1.82) is 0 Å². The van der Waals surface area contributed by atoms with Gasteiger partial charge in [-0.3, -0.25) is 38.1 Å². The first-order valence-electron chi connectivity index (χ1n) is 27.4. The van der Waals surface area contributed by atoms with Gasteiger partial charge in [-0.25, -0.2) is 14.7 Å². The largest absolute Gasteiger partial charge is 0.497 e. The number of hydrogen-bond donors (Lipinski definition) is 7. The lowest BCUT2D eigenvalue weighted by Gasteiger charge is -2.31. The Morgan fingerprint density at radius 1 is 0.779 bits per heavy atom. The molecule has 2 aliphatic rings. The second-order valence-electron chi connectivity index (χ2n) is 21.3. The fourth-order valence-electron chi connectivity index (χ4n) is 10.0. The predicted molar refractivity (Wildman–Crippen MR) is 317 cm³/mol. The summed E-state index contributed by atoms with van der Waals surface area (Å²) < 4.78 is 28.9. The first-order valence-corrected chi connectivity index (χ1v) is 27.4. The SMILES string of the molecule is C=C1CC2[C@@H](O)N(C(=O)OCc3ccc(NC(=O)[C@H](C)NC(=O)[C@@H](N)C(C)C)cc3)c3cc(OCCCC(=O)Nc4cn(C)c(C(=O)Nc5cc(C(=O)Nc6cc(C(=O)n7ccc8cc(OC)ccc87)n(C)c6)n(C)c5)n4)c(OC)cc3C(=O)N2C1. The molecule has 1 saturated heterocycles. The van der Waals surface area contributed by atoms with E-state index in [-0.39, 0.29) is 96.6 Å². The van der Waals surface area contributed by atoms with Crippen LogP contribution >= 0.6 is 0 Å². The van der Waals surface area contributed by atoms with Crippen LogP contribution in [0.4, 0.5) is 33.4 Å². The number of aliphatic hydroxyl groups is 1. The number of methoxy groups -OCH3 is 2. The molecule has 4 atom stereocenters. The van der Waals surface area contributed by atoms with Crippen LogP contribution in [0.1, 0.15) is 87.6 Å². The van der Waals surface area contributed by atoms with Gasteiger partial charge in [0.2, 0.25) is 23.5 Å². The number of imidazole rings is 1. The second kappa shape index (κ2) is 25.3. The molecule has 1 fully saturated rings. The van der Waals surface area contributed by atoms with Gasteiger partial charge < -0.3 is 75.0 Å². The lowest BCUT2D eigenvalue weighted by molar-refractivity contribution is -0.127. The highest BCUT2D eigenvalue weighted by Crippen LogP contribution is 2.42. The van der Waals surface area contributed by atoms with Gasteiger partial charge in [0.05, 0.1) is 61.1 Å². The highest BCUT2D eigenvalue weighted by atomic mass is 16.6. The van der Waals surface area contributed by atoms with Gasteiger partial charge in [-0.15, -0.1) is 0 Å². The van der Waals surface area contributed by atoms with Crippen LogP contribution in [0, 0.1) is 5.92 Å². The Labute approximate surface area is 493 Å². The van der Waals surface area contributed by atoms with Crippen LogP contribution in [-0.4, -0.2) is 132 Å². The summed E-state index contributed by atoms with van der Waals surface area (Å²) >= 11 is 0. The van der Waals surface area contributed by atoms with Gasteiger partial charge in [-0.1, -0.05) is 38.1 Å². The van der Waals surface area contributed by atoms with Crippen LogP contribution in [-0.2, 0) is 46.9 Å². The fraction of sp³-hybridized carbons (Fsp3) is 0.317. The minimum Gasteiger partial charge on any atom is -0.497 e. The quantitative estimate of drug-likeness (QED) is 0.0354. The smallest absolute Gasteiger partial charge is 0.416 e. The Hall–Kier alpha value is -10.2. The number of aliphatic hydroxyl groups excluding tert-OH is 1. The molecule has 0 radical (unpaired) electrons. The maximum atomic E-state index is 14.1. The van der Waals surface area contributed by atoms with Crippen molar-refractivity contribution in [2.75, 3.05) is 53.5 Å². The first-order chi connectivity index (χ1) is 41.0. The Balaban J connectivity index is 0.787. The van der Waals surface area contributed by atoms with E-state index in [0.29, 0.717) is 39.5 Å². The molecule has 0 aliphatic carbocycles. The molecule has 9 rings (SSSR count). The van der Waals surface area contributed by atoms with Crippen LogP contribution in [0.2, 0.25) is 0 Å². The van der Waals surface area contributed by atoms with E-state index in [1.165, 1.54) is 57.0 Å². The first kappa shape index (κ1) is 60.4. The average Bonchev–Trinajstić information content (AvgIpc) is 1.75. The highest BCUT2D eigenvalue weighted by Gasteiger charge is 2.46. The molecule has 86 heavy (non-hydrogen) atoms. The number of nitrogens with one attached hydrogen (secondary N) is 5. The average molecular weight is 1180 g/mol. The molecule has 26 heteroatoms. The summed E-state index contributed by atoms with van der Waals surface area (Å²) in [5.74, 6) is -2.46. The summed E-state index contributed by atoms with van der Waals surface area (Å²) in [6.07, 6.45) is 4.08. The normalized spacial score (nSPS) is 15.3. The van der Waals surface area contributed by atoms with Crippen molar-refractivity contribution in [2.45, 2.75) is 71.0 Å². The van der Waals surface area contributed by atoms with E-state index < -0.39 is 65.9 Å². The van der Waals surface area contributed by atoms with Crippen LogP contribution < -0.4 is 51.4 Å². The number of hydrogen-bond acceptors (Lipinski definition) is 15. The minimum atomic E-state index is -1.57. The molecule has 0 bridgehead atoms. The molecule has 7 aromatic rings. The van der Waals surface area contributed by atoms with Gasteiger partial charge >= 0.3 is 6.09 Å². The third-order valence-corrected chi connectivity index (χ3v) is 14.7. The number of carbonyl (C=O) groups excluding carboxylic acids is 8. The summed E-state index contributed by atoms with van der Waals surface area (Å²) in [6, 6.07) is 17.0. The molecule has 8 N–H and O–H groups in total. The van der Waals surface area contributed by atoms with Gasteiger partial charge in [-0.05, 0) is 85.8 Å². The van der Waals surface area contributed by atoms with Crippen LogP contribution in [0.25, 0.3) is 10.9 Å². The molecule has 450 valence electrons. The van der Waals surface area contributed by atoms with Crippen LogP contribution in [0.3, 0.4) is 0 Å². The van der Waals surface area contributed by atoms with E-state index in [9.17, 15) is 43.5 Å². The van der Waals surface area contributed by atoms with Crippen molar-refractivity contribution in [3.63, 3.8) is 0 Å². The number of nitrogens with zero attached hydrogens (tertiary/aromatic N) is 7. The number of fused-ring (bicyclic) bond motifs is 3. The van der Waals surface area contributed by atoms with E-state index in [1.54, 1.807) is 108 Å². The zero-order valence-electron chi connectivity index (χ0n) is 48.6. The second-order valence-corrected chi connectivity index (χ2v) is 21.3. The van der Waals surface area contributed by atoms with E-state index in [2.05, 4.69) is 38.1 Å². The highest BCUT2D eigenvalue weighted by molar-refractivity contribution is 6.09. The maximum absolute atomic E-state index is 14.1. The van der Waals surface area contributed by atoms with Crippen molar-refractivity contribution in [3.8, 4) is 17.2 Å². The van der Waals surface area contributed by atoms with Crippen molar-refractivity contribution in [3.05, 3.63) is 138 Å². The summed E-state index contributed by atoms with van der Waals surface area (Å²) in [4.78, 5) is 114. The summed E-state index contributed by atoms with van der Waals surface area (Å²) in [6.45, 7) is 8.99. The number of nitrogens with two attached hydrogens (primary N) is 1. The number of anilines is 5. The van der Waals surface area contributed by atoms with E-state index in [4.69, 9.17) is 24.7 Å². The van der Waals surface area contributed by atoms with Crippen LogP contribution in [0.5, 0.6) is 17.2 Å². The molecule has 6 heterocycles. The predicted octanol–water partition coefficient (Wildman–Crippen LogP) is 5.73. The molecule has 26 nitrogen and oxygen atoms in total. The summed E-state index contributed by atoms with van der Waals surface area (Å²) in [5, 5.41) is 26.3. The van der Waals surface area contributed by atoms with E-state index in [0.717, 1.165) is 10.3 Å². The zero-order valence-corrected chi connectivity index (χ0v) is 48.6. The van der Waals surface area contributed by atoms with Gasteiger partial charge in [0, 0.05) is 76.0 Å². The number of amides is 7. The third kappa shape index (κ3) is 12.9. The van der Waals surface area contributed by atoms with Crippen LogP contribution in [0.15, 0.2) is 110 Å². The van der Waals surface area contributed by atoms with E-state index >= 15 is 0 Å². The molecule has 4 aromatic heterocycles. The minimum absolute atomic E-state index is 0.0133. The van der Waals surface area contributed by atoms with Crippen molar-refractivity contribution < 1.29 is 62.4 Å². The van der Waals surface area contributed by atoms with Gasteiger partial charge in [-0.2, -0.15) is 0 Å². The Bertz CT molecular complexity index is 3820. The van der Waals surface area contributed by atoms with E-state index in [1.807, 2.05) is 12.1 Å². The molecule has 7 amide bonds.